The number of hydrogen-bond donors (Lipinski definition) is 1. The van der Waals surface area contributed by atoms with Crippen molar-refractivity contribution in [2.24, 2.45) is 0 Å². The van der Waals surface area contributed by atoms with Gasteiger partial charge in [0.05, 0.1) is 6.54 Å². The summed E-state index contributed by atoms with van der Waals surface area (Å²) in [6, 6.07) is 6.23. The predicted octanol–water partition coefficient (Wildman–Crippen LogP) is 1.84. The first-order valence-corrected chi connectivity index (χ1v) is 7.26. The van der Waals surface area contributed by atoms with E-state index in [2.05, 4.69) is 33.4 Å². The maximum atomic E-state index is 9.05. The van der Waals surface area contributed by atoms with Gasteiger partial charge < -0.3 is 5.32 Å². The molecule has 1 atom stereocenters. The van der Waals surface area contributed by atoms with Gasteiger partial charge in [-0.15, -0.1) is 0 Å². The van der Waals surface area contributed by atoms with Gasteiger partial charge in [-0.1, -0.05) is 13.0 Å². The number of pyridine rings is 1. The molecule has 0 radical (unpaired) electrons. The standard InChI is InChI=1S/C15H18N6/c1-3-13-19-15-7-5-11(9-21(15)20-13)17-14-6-4-10(2)12(8-16)18-14/h4,6,11H,3,5,7,9H2,1-2H3,(H,17,18). The van der Waals surface area contributed by atoms with Crippen molar-refractivity contribution in [2.45, 2.75) is 45.7 Å². The summed E-state index contributed by atoms with van der Waals surface area (Å²) in [5.74, 6) is 2.73. The number of aromatic nitrogens is 4. The van der Waals surface area contributed by atoms with E-state index in [4.69, 9.17) is 5.26 Å². The molecular weight excluding hydrogens is 264 g/mol. The molecule has 0 spiro atoms. The van der Waals surface area contributed by atoms with E-state index in [1.165, 1.54) is 0 Å². The van der Waals surface area contributed by atoms with Gasteiger partial charge in [0.15, 0.2) is 5.82 Å². The first kappa shape index (κ1) is 13.6. The molecule has 0 aliphatic carbocycles. The van der Waals surface area contributed by atoms with Gasteiger partial charge in [0.1, 0.15) is 23.4 Å². The molecule has 0 saturated carbocycles. The zero-order chi connectivity index (χ0) is 14.8. The number of rotatable bonds is 3. The van der Waals surface area contributed by atoms with Gasteiger partial charge >= 0.3 is 0 Å². The predicted molar refractivity (Wildman–Crippen MR) is 78.8 cm³/mol. The molecule has 1 unspecified atom stereocenters. The maximum absolute atomic E-state index is 9.05. The van der Waals surface area contributed by atoms with Crippen LogP contribution in [0.25, 0.3) is 0 Å². The highest BCUT2D eigenvalue weighted by Gasteiger charge is 2.21. The number of nitrogens with zero attached hydrogens (tertiary/aromatic N) is 5. The minimum absolute atomic E-state index is 0.269. The van der Waals surface area contributed by atoms with Crippen LogP contribution in [0.5, 0.6) is 0 Å². The second kappa shape index (κ2) is 5.52. The van der Waals surface area contributed by atoms with E-state index >= 15 is 0 Å². The van der Waals surface area contributed by atoms with Crippen molar-refractivity contribution in [1.29, 1.82) is 5.26 Å². The minimum Gasteiger partial charge on any atom is -0.365 e. The van der Waals surface area contributed by atoms with Crippen molar-refractivity contribution in [1.82, 2.24) is 19.7 Å². The molecule has 0 aromatic carbocycles. The number of nitriles is 1. The SMILES string of the molecule is CCc1nc2n(n1)CC(Nc1ccc(C)c(C#N)n1)CC2. The lowest BCUT2D eigenvalue weighted by Gasteiger charge is -2.24. The zero-order valence-electron chi connectivity index (χ0n) is 12.3. The third-order valence-corrected chi connectivity index (χ3v) is 3.77. The van der Waals surface area contributed by atoms with Gasteiger partial charge in [0.25, 0.3) is 0 Å². The lowest BCUT2D eigenvalue weighted by molar-refractivity contribution is 0.439. The quantitative estimate of drug-likeness (QED) is 0.929. The first-order valence-electron chi connectivity index (χ1n) is 7.26. The van der Waals surface area contributed by atoms with Crippen LogP contribution in [0.2, 0.25) is 0 Å². The third-order valence-electron chi connectivity index (χ3n) is 3.77. The molecule has 0 amide bonds. The van der Waals surface area contributed by atoms with Crippen LogP contribution in [0.15, 0.2) is 12.1 Å². The Balaban J connectivity index is 1.74. The molecule has 21 heavy (non-hydrogen) atoms. The van der Waals surface area contributed by atoms with Crippen molar-refractivity contribution >= 4 is 5.82 Å². The van der Waals surface area contributed by atoms with Gasteiger partial charge in [-0.05, 0) is 25.0 Å². The lowest BCUT2D eigenvalue weighted by Crippen LogP contribution is -2.32. The lowest BCUT2D eigenvalue weighted by atomic mass is 10.1. The fourth-order valence-electron chi connectivity index (χ4n) is 2.56. The average molecular weight is 282 g/mol. The Morgan fingerprint density at radius 1 is 1.43 bits per heavy atom. The molecule has 3 rings (SSSR count). The van der Waals surface area contributed by atoms with Crippen LogP contribution in [0.4, 0.5) is 5.82 Å². The molecule has 3 heterocycles. The third kappa shape index (κ3) is 2.72. The van der Waals surface area contributed by atoms with Crippen LogP contribution in [-0.2, 0) is 19.4 Å². The van der Waals surface area contributed by atoms with E-state index in [0.29, 0.717) is 5.69 Å². The van der Waals surface area contributed by atoms with Crippen molar-refractivity contribution in [2.75, 3.05) is 5.32 Å². The minimum atomic E-state index is 0.269. The molecule has 0 bridgehead atoms. The second-order valence-corrected chi connectivity index (χ2v) is 5.33. The summed E-state index contributed by atoms with van der Waals surface area (Å²) in [4.78, 5) is 8.86. The van der Waals surface area contributed by atoms with E-state index in [0.717, 1.165) is 48.8 Å². The number of fused-ring (bicyclic) bond motifs is 1. The Labute approximate surface area is 123 Å². The fraction of sp³-hybridized carbons (Fsp3) is 0.467. The topological polar surface area (TPSA) is 79.4 Å². The summed E-state index contributed by atoms with van der Waals surface area (Å²) >= 11 is 0. The Hall–Kier alpha value is -2.42. The average Bonchev–Trinajstić information content (AvgIpc) is 2.91. The molecule has 6 heteroatoms. The monoisotopic (exact) mass is 282 g/mol. The fourth-order valence-corrected chi connectivity index (χ4v) is 2.56. The number of anilines is 1. The Kier molecular flexibility index (Phi) is 3.57. The van der Waals surface area contributed by atoms with Crippen molar-refractivity contribution < 1.29 is 0 Å². The van der Waals surface area contributed by atoms with Crippen LogP contribution in [-0.4, -0.2) is 25.8 Å². The smallest absolute Gasteiger partial charge is 0.150 e. The Bertz CT molecular complexity index is 697. The van der Waals surface area contributed by atoms with E-state index < -0.39 is 0 Å². The molecule has 2 aromatic heterocycles. The first-order chi connectivity index (χ1) is 10.2. The van der Waals surface area contributed by atoms with Crippen LogP contribution in [0.3, 0.4) is 0 Å². The highest BCUT2D eigenvalue weighted by atomic mass is 15.4. The molecule has 108 valence electrons. The van der Waals surface area contributed by atoms with Crippen LogP contribution >= 0.6 is 0 Å². The molecule has 0 saturated heterocycles. The summed E-state index contributed by atoms with van der Waals surface area (Å²) < 4.78 is 1.99. The normalized spacial score (nSPS) is 17.1. The van der Waals surface area contributed by atoms with Gasteiger partial charge in [-0.25, -0.2) is 14.6 Å². The van der Waals surface area contributed by atoms with Gasteiger partial charge in [-0.3, -0.25) is 0 Å². The van der Waals surface area contributed by atoms with Crippen LogP contribution in [0.1, 0.15) is 36.3 Å². The number of nitrogens with one attached hydrogen (secondary N) is 1. The summed E-state index contributed by atoms with van der Waals surface area (Å²) in [6.07, 6.45) is 2.78. The molecule has 1 aliphatic heterocycles. The summed E-state index contributed by atoms with van der Waals surface area (Å²) in [5.41, 5.74) is 1.38. The summed E-state index contributed by atoms with van der Waals surface area (Å²) in [7, 11) is 0. The largest absolute Gasteiger partial charge is 0.365 e. The van der Waals surface area contributed by atoms with E-state index in [1.54, 1.807) is 0 Å². The van der Waals surface area contributed by atoms with Crippen molar-refractivity contribution in [3.05, 3.63) is 35.0 Å². The Morgan fingerprint density at radius 3 is 3.05 bits per heavy atom. The molecule has 1 aliphatic rings. The molecule has 2 aromatic rings. The Morgan fingerprint density at radius 2 is 2.29 bits per heavy atom. The van der Waals surface area contributed by atoms with Crippen LogP contribution in [0, 0.1) is 18.3 Å². The van der Waals surface area contributed by atoms with E-state index in [1.807, 2.05) is 23.7 Å². The number of hydrogen-bond acceptors (Lipinski definition) is 5. The van der Waals surface area contributed by atoms with Gasteiger partial charge in [0.2, 0.25) is 0 Å². The van der Waals surface area contributed by atoms with E-state index in [-0.39, 0.29) is 6.04 Å². The molecular formula is C15H18N6. The molecule has 1 N–H and O–H groups in total. The highest BCUT2D eigenvalue weighted by molar-refractivity contribution is 5.43. The maximum Gasteiger partial charge on any atom is 0.150 e. The van der Waals surface area contributed by atoms with Crippen molar-refractivity contribution in [3.63, 3.8) is 0 Å². The highest BCUT2D eigenvalue weighted by Crippen LogP contribution is 2.18. The van der Waals surface area contributed by atoms with Crippen LogP contribution < -0.4 is 5.32 Å². The zero-order valence-corrected chi connectivity index (χ0v) is 12.3. The second-order valence-electron chi connectivity index (χ2n) is 5.33. The van der Waals surface area contributed by atoms with Gasteiger partial charge in [-0.2, -0.15) is 10.4 Å². The summed E-state index contributed by atoms with van der Waals surface area (Å²) in [6.45, 7) is 4.75. The molecule has 6 nitrogen and oxygen atoms in total. The van der Waals surface area contributed by atoms with E-state index in [9.17, 15) is 0 Å². The van der Waals surface area contributed by atoms with Crippen molar-refractivity contribution in [3.8, 4) is 6.07 Å². The summed E-state index contributed by atoms with van der Waals surface area (Å²) in [5, 5.41) is 16.9. The van der Waals surface area contributed by atoms with Gasteiger partial charge in [0, 0.05) is 18.9 Å². The molecule has 0 fully saturated rings. The number of aryl methyl sites for hydroxylation is 3.